The molecule has 1 saturated heterocycles. The van der Waals surface area contributed by atoms with Crippen molar-refractivity contribution in [1.29, 1.82) is 0 Å². The summed E-state index contributed by atoms with van der Waals surface area (Å²) in [6, 6.07) is -0.725. The van der Waals surface area contributed by atoms with Crippen molar-refractivity contribution in [2.45, 2.75) is 63.7 Å². The lowest BCUT2D eigenvalue weighted by atomic mass is 10.1. The predicted molar refractivity (Wildman–Crippen MR) is 130 cm³/mol. The van der Waals surface area contributed by atoms with E-state index in [1.165, 1.54) is 11.8 Å². The molecular formula is C22H37N5O7S. The third-order valence-corrected chi connectivity index (χ3v) is 6.17. The summed E-state index contributed by atoms with van der Waals surface area (Å²) in [5.41, 5.74) is 0. The lowest BCUT2D eigenvalue weighted by Crippen LogP contribution is -2.48. The number of likely N-dealkylation sites (tertiary alicyclic amines) is 1. The van der Waals surface area contributed by atoms with E-state index in [2.05, 4.69) is 21.3 Å². The number of unbranched alkanes of at least 4 members (excludes halogenated alkanes) is 1. The van der Waals surface area contributed by atoms with Gasteiger partial charge in [-0.1, -0.05) is 6.92 Å². The molecule has 6 amide bonds. The Kier molecular flexibility index (Phi) is 14.4. The van der Waals surface area contributed by atoms with Gasteiger partial charge in [0.15, 0.2) is 0 Å². The van der Waals surface area contributed by atoms with Crippen LogP contribution in [0.25, 0.3) is 0 Å². The Bertz CT molecular complexity index is 764. The summed E-state index contributed by atoms with van der Waals surface area (Å²) in [5.74, 6) is -1.49. The van der Waals surface area contributed by atoms with Crippen LogP contribution in [0.5, 0.6) is 0 Å². The first-order valence-electron chi connectivity index (χ1n) is 11.8. The van der Waals surface area contributed by atoms with E-state index in [0.717, 1.165) is 4.90 Å². The minimum atomic E-state index is -0.725. The van der Waals surface area contributed by atoms with Gasteiger partial charge in [-0.05, 0) is 32.4 Å². The number of hydrogen-bond donors (Lipinski definition) is 4. The zero-order valence-corrected chi connectivity index (χ0v) is 21.5. The second-order valence-corrected chi connectivity index (χ2v) is 8.86. The number of thioether (sulfide) groups is 1. The van der Waals surface area contributed by atoms with Crippen LogP contribution >= 0.6 is 11.8 Å². The van der Waals surface area contributed by atoms with Gasteiger partial charge in [-0.15, -0.1) is 0 Å². The van der Waals surface area contributed by atoms with Crippen LogP contribution in [0.15, 0.2) is 0 Å². The van der Waals surface area contributed by atoms with Crippen molar-refractivity contribution < 1.29 is 33.5 Å². The molecule has 0 aromatic rings. The van der Waals surface area contributed by atoms with Crippen LogP contribution in [-0.2, 0) is 28.7 Å². The largest absolute Gasteiger partial charge is 0.450 e. The first-order valence-corrected chi connectivity index (χ1v) is 13.1. The summed E-state index contributed by atoms with van der Waals surface area (Å²) in [4.78, 5) is 72.7. The van der Waals surface area contributed by atoms with Crippen LogP contribution in [-0.4, -0.2) is 90.9 Å². The number of amides is 6. The standard InChI is InChI=1S/C22H37N5O7S/c1-4-17(28)26-15(8-6-7-10-25-22(33)34-5-2)20(31)24-12-11-23-18(29)9-13-27-19(30)14-16(35-3)21(27)32/h15-16H,4-14H2,1-3H3,(H,23,29)(H,24,31)(H,25,33)(H,26,28). The summed E-state index contributed by atoms with van der Waals surface area (Å²) in [5, 5.41) is 10.2. The van der Waals surface area contributed by atoms with Gasteiger partial charge in [-0.2, -0.15) is 11.8 Å². The van der Waals surface area contributed by atoms with Gasteiger partial charge < -0.3 is 26.0 Å². The van der Waals surface area contributed by atoms with E-state index in [1.807, 2.05) is 0 Å². The van der Waals surface area contributed by atoms with E-state index in [0.29, 0.717) is 25.8 Å². The SMILES string of the molecule is CCOC(=O)NCCCCC(NC(=O)CC)C(=O)NCCNC(=O)CCN1C(=O)CC(SC)C1=O. The molecule has 0 bridgehead atoms. The van der Waals surface area contributed by atoms with Crippen molar-refractivity contribution in [2.75, 3.05) is 39.0 Å². The maximum atomic E-state index is 12.5. The maximum absolute atomic E-state index is 12.5. The number of carbonyl (C=O) groups is 6. The Hall–Kier alpha value is -2.83. The molecule has 35 heavy (non-hydrogen) atoms. The summed E-state index contributed by atoms with van der Waals surface area (Å²) in [6.45, 7) is 4.43. The number of alkyl carbamates (subject to hydrolysis) is 1. The Morgan fingerprint density at radius 3 is 2.37 bits per heavy atom. The highest BCUT2D eigenvalue weighted by atomic mass is 32.2. The highest BCUT2D eigenvalue weighted by molar-refractivity contribution is 8.00. The van der Waals surface area contributed by atoms with Gasteiger partial charge in [0.1, 0.15) is 6.04 Å². The minimum absolute atomic E-state index is 0.0124. The summed E-state index contributed by atoms with van der Waals surface area (Å²) in [7, 11) is 0. The van der Waals surface area contributed by atoms with Gasteiger partial charge >= 0.3 is 6.09 Å². The summed E-state index contributed by atoms with van der Waals surface area (Å²) >= 11 is 1.32. The molecule has 0 aromatic heterocycles. The number of imide groups is 1. The van der Waals surface area contributed by atoms with Crippen LogP contribution < -0.4 is 21.3 Å². The normalized spacial score (nSPS) is 16.0. The molecule has 0 aromatic carbocycles. The lowest BCUT2D eigenvalue weighted by molar-refractivity contribution is -0.138. The van der Waals surface area contributed by atoms with Crippen LogP contribution in [0.2, 0.25) is 0 Å². The minimum Gasteiger partial charge on any atom is -0.450 e. The smallest absolute Gasteiger partial charge is 0.407 e. The molecule has 2 atom stereocenters. The molecule has 198 valence electrons. The Morgan fingerprint density at radius 1 is 1.03 bits per heavy atom. The van der Waals surface area contributed by atoms with Crippen LogP contribution in [0.4, 0.5) is 4.79 Å². The average molecular weight is 516 g/mol. The third kappa shape index (κ3) is 11.4. The van der Waals surface area contributed by atoms with Gasteiger partial charge in [0, 0.05) is 45.4 Å². The summed E-state index contributed by atoms with van der Waals surface area (Å²) in [6.07, 6.45) is 3.25. The van der Waals surface area contributed by atoms with Gasteiger partial charge in [-0.3, -0.25) is 28.9 Å². The molecule has 0 radical (unpaired) electrons. The van der Waals surface area contributed by atoms with Gasteiger partial charge in [-0.25, -0.2) is 4.79 Å². The van der Waals surface area contributed by atoms with E-state index in [-0.39, 0.29) is 80.3 Å². The third-order valence-electron chi connectivity index (χ3n) is 5.23. The molecule has 1 fully saturated rings. The monoisotopic (exact) mass is 515 g/mol. The van der Waals surface area contributed by atoms with E-state index in [1.54, 1.807) is 20.1 Å². The topological polar surface area (TPSA) is 163 Å². The second kappa shape index (κ2) is 16.7. The molecule has 2 unspecified atom stereocenters. The van der Waals surface area contributed by atoms with E-state index in [4.69, 9.17) is 4.74 Å². The number of ether oxygens (including phenoxy) is 1. The quantitative estimate of drug-likeness (QED) is 0.164. The van der Waals surface area contributed by atoms with Crippen LogP contribution in [0.3, 0.4) is 0 Å². The van der Waals surface area contributed by atoms with Crippen LogP contribution in [0.1, 0.15) is 52.4 Å². The molecule has 1 rings (SSSR count). The van der Waals surface area contributed by atoms with Gasteiger partial charge in [0.2, 0.25) is 29.5 Å². The van der Waals surface area contributed by atoms with E-state index < -0.39 is 12.1 Å². The van der Waals surface area contributed by atoms with Crippen LogP contribution in [0, 0.1) is 0 Å². The fourth-order valence-corrected chi connectivity index (χ4v) is 3.93. The van der Waals surface area contributed by atoms with Crippen molar-refractivity contribution in [1.82, 2.24) is 26.2 Å². The number of carbonyl (C=O) groups excluding carboxylic acids is 6. The van der Waals surface area contributed by atoms with Crippen molar-refractivity contribution in [3.63, 3.8) is 0 Å². The Morgan fingerprint density at radius 2 is 1.74 bits per heavy atom. The average Bonchev–Trinajstić information content (AvgIpc) is 3.11. The van der Waals surface area contributed by atoms with Crippen molar-refractivity contribution in [2.24, 2.45) is 0 Å². The Labute approximate surface area is 210 Å². The fraction of sp³-hybridized carbons (Fsp3) is 0.727. The zero-order chi connectivity index (χ0) is 26.2. The fourth-order valence-electron chi connectivity index (χ4n) is 3.30. The first-order chi connectivity index (χ1) is 16.7. The number of nitrogens with one attached hydrogen (secondary N) is 4. The first kappa shape index (κ1) is 30.2. The predicted octanol–water partition coefficient (Wildman–Crippen LogP) is -0.0894. The highest BCUT2D eigenvalue weighted by Gasteiger charge is 2.37. The molecule has 1 heterocycles. The van der Waals surface area contributed by atoms with Gasteiger partial charge in [0.05, 0.1) is 11.9 Å². The van der Waals surface area contributed by atoms with Gasteiger partial charge in [0.25, 0.3) is 0 Å². The van der Waals surface area contributed by atoms with E-state index in [9.17, 15) is 28.8 Å². The molecule has 13 heteroatoms. The molecule has 4 N–H and O–H groups in total. The number of nitrogens with zero attached hydrogens (tertiary/aromatic N) is 1. The molecule has 1 aliphatic heterocycles. The molecule has 0 spiro atoms. The van der Waals surface area contributed by atoms with Crippen molar-refractivity contribution in [3.05, 3.63) is 0 Å². The molecular weight excluding hydrogens is 478 g/mol. The van der Waals surface area contributed by atoms with Crippen molar-refractivity contribution >= 4 is 47.4 Å². The molecule has 1 aliphatic rings. The second-order valence-electron chi connectivity index (χ2n) is 7.82. The van der Waals surface area contributed by atoms with E-state index >= 15 is 0 Å². The molecule has 12 nitrogen and oxygen atoms in total. The Balaban J connectivity index is 2.33. The molecule has 0 aliphatic carbocycles. The number of rotatable bonds is 16. The number of hydrogen-bond acceptors (Lipinski definition) is 8. The lowest BCUT2D eigenvalue weighted by Gasteiger charge is -2.18. The van der Waals surface area contributed by atoms with Crippen molar-refractivity contribution in [3.8, 4) is 0 Å². The maximum Gasteiger partial charge on any atom is 0.407 e. The summed E-state index contributed by atoms with van der Waals surface area (Å²) < 4.78 is 4.77. The molecule has 0 saturated carbocycles. The zero-order valence-electron chi connectivity index (χ0n) is 20.6. The highest BCUT2D eigenvalue weighted by Crippen LogP contribution is 2.22.